The Morgan fingerprint density at radius 1 is 1.36 bits per heavy atom. The van der Waals surface area contributed by atoms with Gasteiger partial charge in [0.25, 0.3) is 0 Å². The van der Waals surface area contributed by atoms with E-state index in [-0.39, 0.29) is 29.3 Å². The Balaban J connectivity index is 2.07. The van der Waals surface area contributed by atoms with Gasteiger partial charge in [0, 0.05) is 5.92 Å². The van der Waals surface area contributed by atoms with Crippen LogP contribution in [-0.2, 0) is 4.74 Å². The molecule has 0 unspecified atom stereocenters. The van der Waals surface area contributed by atoms with Gasteiger partial charge in [0.1, 0.15) is 11.4 Å². The number of ketones is 1. The molecule has 2 aromatic rings. The van der Waals surface area contributed by atoms with Gasteiger partial charge in [-0.3, -0.25) is 4.79 Å². The van der Waals surface area contributed by atoms with Crippen molar-refractivity contribution in [3.05, 3.63) is 52.7 Å². The van der Waals surface area contributed by atoms with Crippen LogP contribution in [0.4, 0.5) is 4.39 Å². The molecular formula is C16H14FNO4. The fraction of sp³-hybridized carbons (Fsp3) is 0.312. The Labute approximate surface area is 126 Å². The van der Waals surface area contributed by atoms with Crippen molar-refractivity contribution in [2.24, 2.45) is 0 Å². The van der Waals surface area contributed by atoms with Crippen molar-refractivity contribution in [2.75, 3.05) is 6.61 Å². The average molecular weight is 303 g/mol. The van der Waals surface area contributed by atoms with Crippen molar-refractivity contribution in [1.82, 2.24) is 5.16 Å². The summed E-state index contributed by atoms with van der Waals surface area (Å²) in [5.41, 5.74) is -0.277. The predicted molar refractivity (Wildman–Crippen MR) is 74.3 cm³/mol. The van der Waals surface area contributed by atoms with Crippen LogP contribution in [0.15, 0.2) is 28.8 Å². The lowest BCUT2D eigenvalue weighted by Crippen LogP contribution is -2.14. The zero-order valence-electron chi connectivity index (χ0n) is 12.0. The monoisotopic (exact) mass is 303 g/mol. The third kappa shape index (κ3) is 2.52. The van der Waals surface area contributed by atoms with E-state index in [0.29, 0.717) is 5.76 Å². The van der Waals surface area contributed by atoms with Crippen LogP contribution in [0.25, 0.3) is 0 Å². The molecule has 3 rings (SSSR count). The number of rotatable bonds is 5. The van der Waals surface area contributed by atoms with Crippen LogP contribution >= 0.6 is 0 Å². The van der Waals surface area contributed by atoms with Crippen LogP contribution in [0.1, 0.15) is 57.9 Å². The molecule has 1 saturated carbocycles. The molecule has 6 heteroatoms. The number of carbonyl (C=O) groups excluding carboxylic acids is 2. The highest BCUT2D eigenvalue weighted by Crippen LogP contribution is 2.43. The molecule has 5 nitrogen and oxygen atoms in total. The van der Waals surface area contributed by atoms with Crippen LogP contribution in [0, 0.1) is 5.82 Å². The highest BCUT2D eigenvalue weighted by Gasteiger charge is 2.37. The molecular weight excluding hydrogens is 289 g/mol. The Kier molecular flexibility index (Phi) is 3.75. The van der Waals surface area contributed by atoms with Crippen molar-refractivity contribution in [3.8, 4) is 0 Å². The number of benzene rings is 1. The lowest BCUT2D eigenvalue weighted by molar-refractivity contribution is 0.0512. The van der Waals surface area contributed by atoms with Crippen molar-refractivity contribution in [3.63, 3.8) is 0 Å². The molecule has 1 heterocycles. The quantitative estimate of drug-likeness (QED) is 0.627. The van der Waals surface area contributed by atoms with Gasteiger partial charge >= 0.3 is 5.97 Å². The molecule has 1 aliphatic rings. The fourth-order valence-corrected chi connectivity index (χ4v) is 2.27. The number of ether oxygens (including phenoxy) is 1. The van der Waals surface area contributed by atoms with Gasteiger partial charge in [-0.1, -0.05) is 17.3 Å². The molecule has 1 fully saturated rings. The Hall–Kier alpha value is -2.50. The highest BCUT2D eigenvalue weighted by molar-refractivity contribution is 6.14. The molecule has 1 aromatic heterocycles. The summed E-state index contributed by atoms with van der Waals surface area (Å²) in [7, 11) is 0. The van der Waals surface area contributed by atoms with Gasteiger partial charge in [-0.2, -0.15) is 0 Å². The van der Waals surface area contributed by atoms with E-state index in [2.05, 4.69) is 5.16 Å². The van der Waals surface area contributed by atoms with Gasteiger partial charge < -0.3 is 9.26 Å². The van der Waals surface area contributed by atoms with E-state index in [0.717, 1.165) is 12.8 Å². The zero-order valence-corrected chi connectivity index (χ0v) is 12.0. The molecule has 0 N–H and O–H groups in total. The first kappa shape index (κ1) is 14.4. The summed E-state index contributed by atoms with van der Waals surface area (Å²) >= 11 is 0. The molecule has 1 aromatic carbocycles. The fourth-order valence-electron chi connectivity index (χ4n) is 2.27. The van der Waals surface area contributed by atoms with Gasteiger partial charge in [-0.05, 0) is 31.9 Å². The van der Waals surface area contributed by atoms with E-state index < -0.39 is 17.6 Å². The summed E-state index contributed by atoms with van der Waals surface area (Å²) in [4.78, 5) is 24.6. The third-order valence-electron chi connectivity index (χ3n) is 3.48. The van der Waals surface area contributed by atoms with E-state index in [1.54, 1.807) is 13.0 Å². The number of hydrogen-bond acceptors (Lipinski definition) is 5. The summed E-state index contributed by atoms with van der Waals surface area (Å²) in [6.45, 7) is 1.80. The Bertz CT molecular complexity index is 733. The minimum atomic E-state index is -0.738. The smallest absolute Gasteiger partial charge is 0.361 e. The highest BCUT2D eigenvalue weighted by atomic mass is 19.1. The van der Waals surface area contributed by atoms with Crippen molar-refractivity contribution < 1.29 is 23.2 Å². The SMILES string of the molecule is CCOC(=O)c1noc(C2CC2)c1C(=O)c1ccccc1F. The van der Waals surface area contributed by atoms with E-state index in [1.165, 1.54) is 18.2 Å². The van der Waals surface area contributed by atoms with E-state index in [1.807, 2.05) is 0 Å². The molecule has 0 bridgehead atoms. The molecule has 0 spiro atoms. The first-order valence-corrected chi connectivity index (χ1v) is 7.09. The molecule has 1 aliphatic carbocycles. The first-order valence-electron chi connectivity index (χ1n) is 7.09. The number of halogens is 1. The van der Waals surface area contributed by atoms with Crippen molar-refractivity contribution in [2.45, 2.75) is 25.7 Å². The second kappa shape index (κ2) is 5.71. The maximum absolute atomic E-state index is 13.9. The van der Waals surface area contributed by atoms with Gasteiger partial charge in [-0.25, -0.2) is 9.18 Å². The molecule has 0 amide bonds. The number of aromatic nitrogens is 1. The molecule has 0 saturated heterocycles. The second-order valence-corrected chi connectivity index (χ2v) is 5.07. The topological polar surface area (TPSA) is 69.4 Å². The maximum atomic E-state index is 13.9. The summed E-state index contributed by atoms with van der Waals surface area (Å²) in [5.74, 6) is -1.59. The summed E-state index contributed by atoms with van der Waals surface area (Å²) in [6, 6.07) is 5.62. The van der Waals surface area contributed by atoms with Crippen LogP contribution in [0.3, 0.4) is 0 Å². The van der Waals surface area contributed by atoms with E-state index in [4.69, 9.17) is 9.26 Å². The van der Waals surface area contributed by atoms with Crippen LogP contribution in [0.2, 0.25) is 0 Å². The van der Waals surface area contributed by atoms with Gasteiger partial charge in [0.05, 0.1) is 12.2 Å². The zero-order chi connectivity index (χ0) is 15.7. The van der Waals surface area contributed by atoms with Crippen LogP contribution in [0.5, 0.6) is 0 Å². The van der Waals surface area contributed by atoms with Gasteiger partial charge in [-0.15, -0.1) is 0 Å². The van der Waals surface area contributed by atoms with Crippen molar-refractivity contribution in [1.29, 1.82) is 0 Å². The van der Waals surface area contributed by atoms with E-state index >= 15 is 0 Å². The van der Waals surface area contributed by atoms with Crippen molar-refractivity contribution >= 4 is 11.8 Å². The van der Waals surface area contributed by atoms with E-state index in [9.17, 15) is 14.0 Å². The molecule has 0 radical (unpaired) electrons. The summed E-state index contributed by atoms with van der Waals surface area (Å²) in [6.07, 6.45) is 1.71. The van der Waals surface area contributed by atoms with Crippen LogP contribution in [-0.4, -0.2) is 23.5 Å². The summed E-state index contributed by atoms with van der Waals surface area (Å²) < 4.78 is 23.9. The van der Waals surface area contributed by atoms with Crippen LogP contribution < -0.4 is 0 Å². The Morgan fingerprint density at radius 2 is 2.09 bits per heavy atom. The molecule has 22 heavy (non-hydrogen) atoms. The largest absolute Gasteiger partial charge is 0.461 e. The van der Waals surface area contributed by atoms with Gasteiger partial charge in [0.15, 0.2) is 5.76 Å². The molecule has 114 valence electrons. The minimum Gasteiger partial charge on any atom is -0.461 e. The molecule has 0 aliphatic heterocycles. The third-order valence-corrected chi connectivity index (χ3v) is 3.48. The number of hydrogen-bond donors (Lipinski definition) is 0. The second-order valence-electron chi connectivity index (χ2n) is 5.07. The lowest BCUT2D eigenvalue weighted by Gasteiger charge is -2.04. The minimum absolute atomic E-state index is 0.0195. The standard InChI is InChI=1S/C16H14FNO4/c1-2-21-16(20)13-12(15(22-18-13)9-7-8-9)14(19)10-5-3-4-6-11(10)17/h3-6,9H,2,7-8H2,1H3. The first-order chi connectivity index (χ1) is 10.6. The normalized spacial score (nSPS) is 13.9. The average Bonchev–Trinajstić information content (AvgIpc) is 3.25. The van der Waals surface area contributed by atoms with Gasteiger partial charge in [0.2, 0.25) is 11.5 Å². The number of carbonyl (C=O) groups is 2. The predicted octanol–water partition coefficient (Wildman–Crippen LogP) is 3.10. The number of esters is 1. The lowest BCUT2D eigenvalue weighted by atomic mass is 9.99. The molecule has 0 atom stereocenters. The number of nitrogens with zero attached hydrogens (tertiary/aromatic N) is 1. The Morgan fingerprint density at radius 3 is 2.73 bits per heavy atom. The maximum Gasteiger partial charge on any atom is 0.361 e. The summed E-state index contributed by atoms with van der Waals surface area (Å²) in [5, 5.41) is 3.68.